The van der Waals surface area contributed by atoms with Crippen LogP contribution in [0.3, 0.4) is 0 Å². The summed E-state index contributed by atoms with van der Waals surface area (Å²) in [5.74, 6) is 0.509. The maximum atomic E-state index is 12.4. The normalized spacial score (nSPS) is 17.4. The van der Waals surface area contributed by atoms with Gasteiger partial charge in [-0.2, -0.15) is 0 Å². The molecule has 0 aliphatic heterocycles. The molecule has 1 aromatic heterocycles. The van der Waals surface area contributed by atoms with Gasteiger partial charge in [-0.1, -0.05) is 26.2 Å². The van der Waals surface area contributed by atoms with Crippen LogP contribution in [0.2, 0.25) is 0 Å². The molecular weight excluding hydrogens is 292 g/mol. The van der Waals surface area contributed by atoms with E-state index in [9.17, 15) is 8.42 Å². The van der Waals surface area contributed by atoms with Crippen molar-refractivity contribution in [1.82, 2.24) is 10.0 Å². The molecule has 0 aromatic carbocycles. The maximum Gasteiger partial charge on any atom is 0.241 e. The largest absolute Gasteiger partial charge is 0.312 e. The molecule has 0 atom stereocenters. The maximum absolute atomic E-state index is 12.4. The van der Waals surface area contributed by atoms with Crippen LogP contribution >= 0.6 is 11.3 Å². The monoisotopic (exact) mass is 316 g/mol. The molecule has 0 saturated heterocycles. The number of rotatable bonds is 7. The molecular formula is C14H24N2O2S2. The molecule has 0 unspecified atom stereocenters. The topological polar surface area (TPSA) is 58.2 Å². The van der Waals surface area contributed by atoms with E-state index >= 15 is 0 Å². The highest BCUT2D eigenvalue weighted by Gasteiger charge is 2.21. The Morgan fingerprint density at radius 3 is 2.75 bits per heavy atom. The molecule has 1 heterocycles. The molecule has 1 saturated carbocycles. The third-order valence-corrected chi connectivity index (χ3v) is 6.37. The molecule has 20 heavy (non-hydrogen) atoms. The van der Waals surface area contributed by atoms with Gasteiger partial charge in [0.25, 0.3) is 0 Å². The van der Waals surface area contributed by atoms with Crippen molar-refractivity contribution in [2.45, 2.75) is 50.5 Å². The summed E-state index contributed by atoms with van der Waals surface area (Å²) >= 11 is 1.50. The van der Waals surface area contributed by atoms with Crippen molar-refractivity contribution < 1.29 is 8.42 Å². The fourth-order valence-corrected chi connectivity index (χ4v) is 5.16. The summed E-state index contributed by atoms with van der Waals surface area (Å²) in [6, 6.07) is 1.71. The third kappa shape index (κ3) is 4.28. The Labute approximate surface area is 126 Å². The smallest absolute Gasteiger partial charge is 0.241 e. The SMILES string of the molecule is CCNCc1sccc1S(=O)(=O)NCC1CCCCC1. The van der Waals surface area contributed by atoms with Gasteiger partial charge < -0.3 is 5.32 Å². The van der Waals surface area contributed by atoms with E-state index in [-0.39, 0.29) is 0 Å². The van der Waals surface area contributed by atoms with Crippen LogP contribution in [0.5, 0.6) is 0 Å². The molecule has 0 amide bonds. The molecule has 2 rings (SSSR count). The lowest BCUT2D eigenvalue weighted by atomic mass is 9.90. The van der Waals surface area contributed by atoms with Crippen LogP contribution in [-0.4, -0.2) is 21.5 Å². The Balaban J connectivity index is 1.97. The van der Waals surface area contributed by atoms with Crippen LogP contribution in [0, 0.1) is 5.92 Å². The number of hydrogen-bond donors (Lipinski definition) is 2. The summed E-state index contributed by atoms with van der Waals surface area (Å²) in [5.41, 5.74) is 0. The van der Waals surface area contributed by atoms with Crippen molar-refractivity contribution in [1.29, 1.82) is 0 Å². The molecule has 114 valence electrons. The van der Waals surface area contributed by atoms with Gasteiger partial charge in [0.1, 0.15) is 0 Å². The molecule has 6 heteroatoms. The van der Waals surface area contributed by atoms with Crippen molar-refractivity contribution in [2.75, 3.05) is 13.1 Å². The molecule has 2 N–H and O–H groups in total. The average Bonchev–Trinajstić information content (AvgIpc) is 2.93. The van der Waals surface area contributed by atoms with Crippen LogP contribution in [0.25, 0.3) is 0 Å². The van der Waals surface area contributed by atoms with Crippen LogP contribution in [-0.2, 0) is 16.6 Å². The summed E-state index contributed by atoms with van der Waals surface area (Å²) < 4.78 is 27.6. The van der Waals surface area contributed by atoms with E-state index in [2.05, 4.69) is 10.0 Å². The van der Waals surface area contributed by atoms with Crippen molar-refractivity contribution >= 4 is 21.4 Å². The van der Waals surface area contributed by atoms with Gasteiger partial charge in [-0.25, -0.2) is 13.1 Å². The molecule has 1 aliphatic rings. The highest BCUT2D eigenvalue weighted by atomic mass is 32.2. The Morgan fingerprint density at radius 2 is 2.05 bits per heavy atom. The van der Waals surface area contributed by atoms with E-state index < -0.39 is 10.0 Å². The van der Waals surface area contributed by atoms with Gasteiger partial charge in [-0.3, -0.25) is 0 Å². The van der Waals surface area contributed by atoms with Crippen molar-refractivity contribution in [3.8, 4) is 0 Å². The fourth-order valence-electron chi connectivity index (χ4n) is 2.63. The first-order valence-electron chi connectivity index (χ1n) is 7.40. The summed E-state index contributed by atoms with van der Waals surface area (Å²) in [6.45, 7) is 4.06. The summed E-state index contributed by atoms with van der Waals surface area (Å²) in [7, 11) is -3.36. The molecule has 0 radical (unpaired) electrons. The lowest BCUT2D eigenvalue weighted by Gasteiger charge is -2.21. The number of thiophene rings is 1. The highest BCUT2D eigenvalue weighted by Crippen LogP contribution is 2.25. The van der Waals surface area contributed by atoms with Gasteiger partial charge in [-0.15, -0.1) is 11.3 Å². The molecule has 4 nitrogen and oxygen atoms in total. The van der Waals surface area contributed by atoms with E-state index in [1.54, 1.807) is 6.07 Å². The van der Waals surface area contributed by atoms with Gasteiger partial charge in [0, 0.05) is 18.0 Å². The Bertz CT molecular complexity index is 505. The van der Waals surface area contributed by atoms with E-state index in [1.807, 2.05) is 12.3 Å². The van der Waals surface area contributed by atoms with E-state index in [0.717, 1.165) is 24.3 Å². The number of hydrogen-bond acceptors (Lipinski definition) is 4. The van der Waals surface area contributed by atoms with Crippen LogP contribution in [0.15, 0.2) is 16.3 Å². The minimum absolute atomic E-state index is 0.444. The first kappa shape index (κ1) is 15.9. The fraction of sp³-hybridized carbons (Fsp3) is 0.714. The second-order valence-corrected chi connectivity index (χ2v) is 8.08. The van der Waals surface area contributed by atoms with Gasteiger partial charge >= 0.3 is 0 Å². The molecule has 1 fully saturated rings. The predicted molar refractivity (Wildman–Crippen MR) is 83.5 cm³/mol. The molecule has 0 bridgehead atoms. The van der Waals surface area contributed by atoms with E-state index in [1.165, 1.54) is 30.6 Å². The number of sulfonamides is 1. The predicted octanol–water partition coefficient (Wildman–Crippen LogP) is 2.72. The van der Waals surface area contributed by atoms with Crippen molar-refractivity contribution in [3.63, 3.8) is 0 Å². The summed E-state index contributed by atoms with van der Waals surface area (Å²) in [6.07, 6.45) is 6.06. The minimum atomic E-state index is -3.36. The Hall–Kier alpha value is -0.430. The molecule has 1 aliphatic carbocycles. The first-order chi connectivity index (χ1) is 9.63. The van der Waals surface area contributed by atoms with Crippen LogP contribution in [0.1, 0.15) is 43.9 Å². The zero-order valence-corrected chi connectivity index (χ0v) is 13.7. The van der Waals surface area contributed by atoms with Crippen LogP contribution < -0.4 is 10.0 Å². The van der Waals surface area contributed by atoms with Crippen LogP contribution in [0.4, 0.5) is 0 Å². The van der Waals surface area contributed by atoms with Gasteiger partial charge in [0.2, 0.25) is 10.0 Å². The second kappa shape index (κ2) is 7.54. The quantitative estimate of drug-likeness (QED) is 0.813. The Kier molecular flexibility index (Phi) is 6.01. The Morgan fingerprint density at radius 1 is 1.30 bits per heavy atom. The molecule has 1 aromatic rings. The average molecular weight is 316 g/mol. The lowest BCUT2D eigenvalue weighted by molar-refractivity contribution is 0.357. The van der Waals surface area contributed by atoms with Crippen molar-refractivity contribution in [3.05, 3.63) is 16.3 Å². The second-order valence-electron chi connectivity index (χ2n) is 5.34. The highest BCUT2D eigenvalue weighted by molar-refractivity contribution is 7.89. The first-order valence-corrected chi connectivity index (χ1v) is 9.76. The summed E-state index contributed by atoms with van der Waals surface area (Å²) in [4.78, 5) is 1.34. The number of nitrogens with one attached hydrogen (secondary N) is 2. The third-order valence-electron chi connectivity index (χ3n) is 3.82. The van der Waals surface area contributed by atoms with Gasteiger partial charge in [-0.05, 0) is 36.8 Å². The molecule has 0 spiro atoms. The lowest BCUT2D eigenvalue weighted by Crippen LogP contribution is -2.31. The van der Waals surface area contributed by atoms with Gasteiger partial charge in [0.15, 0.2) is 0 Å². The van der Waals surface area contributed by atoms with Crippen molar-refractivity contribution in [2.24, 2.45) is 5.92 Å². The summed E-state index contributed by atoms with van der Waals surface area (Å²) in [5, 5.41) is 5.04. The zero-order valence-electron chi connectivity index (χ0n) is 12.0. The van der Waals surface area contributed by atoms with E-state index in [4.69, 9.17) is 0 Å². The van der Waals surface area contributed by atoms with Gasteiger partial charge in [0.05, 0.1) is 4.90 Å². The zero-order chi connectivity index (χ0) is 14.4. The minimum Gasteiger partial charge on any atom is -0.312 e. The van der Waals surface area contributed by atoms with E-state index in [0.29, 0.717) is 23.9 Å². The standard InChI is InChI=1S/C14H24N2O2S2/c1-2-15-11-13-14(8-9-19-13)20(17,18)16-10-12-6-4-3-5-7-12/h8-9,12,15-16H,2-7,10-11H2,1H3.